The second kappa shape index (κ2) is 12.6. The van der Waals surface area contributed by atoms with Crippen molar-refractivity contribution in [3.63, 3.8) is 0 Å². The van der Waals surface area contributed by atoms with Crippen LogP contribution >= 0.6 is 0 Å². The summed E-state index contributed by atoms with van der Waals surface area (Å²) in [6.07, 6.45) is 20.0. The van der Waals surface area contributed by atoms with Crippen molar-refractivity contribution in [3.05, 3.63) is 0 Å². The number of unbranched alkanes of at least 4 members (excludes halogenated alkanes) is 12. The van der Waals surface area contributed by atoms with Crippen LogP contribution in [0.4, 0.5) is 0 Å². The molecule has 0 aliphatic carbocycles. The number of hydrogen-bond donors (Lipinski definition) is 1. The molecule has 2 unspecified atom stereocenters. The Morgan fingerprint density at radius 3 is 1.35 bits per heavy atom. The van der Waals surface area contributed by atoms with E-state index in [-0.39, 0.29) is 0 Å². The highest BCUT2D eigenvalue weighted by atomic mass is 16.6. The minimum absolute atomic E-state index is 0.368. The van der Waals surface area contributed by atoms with Gasteiger partial charge in [-0.15, -0.1) is 0 Å². The van der Waals surface area contributed by atoms with E-state index in [1.165, 1.54) is 83.5 Å². The van der Waals surface area contributed by atoms with Gasteiger partial charge in [0.15, 0.2) is 0 Å². The lowest BCUT2D eigenvalue weighted by Gasteiger charge is -2.03. The molecule has 0 aromatic rings. The van der Waals surface area contributed by atoms with Gasteiger partial charge in [0.05, 0.1) is 12.2 Å². The summed E-state index contributed by atoms with van der Waals surface area (Å²) >= 11 is 0. The van der Waals surface area contributed by atoms with Crippen LogP contribution in [0.3, 0.4) is 0 Å². The summed E-state index contributed by atoms with van der Waals surface area (Å²) in [6, 6.07) is 0. The van der Waals surface area contributed by atoms with E-state index in [1.807, 2.05) is 0 Å². The fourth-order valence-corrected chi connectivity index (χ4v) is 2.93. The van der Waals surface area contributed by atoms with Crippen LogP contribution in [0.1, 0.15) is 96.8 Å². The first-order valence-corrected chi connectivity index (χ1v) is 9.11. The van der Waals surface area contributed by atoms with Gasteiger partial charge in [0.25, 0.3) is 0 Å². The third-order valence-corrected chi connectivity index (χ3v) is 4.48. The molecule has 1 fully saturated rings. The summed E-state index contributed by atoms with van der Waals surface area (Å²) in [7, 11) is 0. The van der Waals surface area contributed by atoms with Gasteiger partial charge in [-0.2, -0.15) is 0 Å². The molecule has 1 aliphatic heterocycles. The third kappa shape index (κ3) is 10.7. The number of epoxide rings is 1. The number of aliphatic hydroxyl groups is 1. The van der Waals surface area contributed by atoms with Gasteiger partial charge in [-0.25, -0.2) is 0 Å². The zero-order chi connectivity index (χ0) is 14.5. The van der Waals surface area contributed by atoms with Crippen LogP contribution in [0.2, 0.25) is 0 Å². The first kappa shape index (κ1) is 18.0. The first-order valence-electron chi connectivity index (χ1n) is 9.11. The first-order chi connectivity index (χ1) is 9.84. The Morgan fingerprint density at radius 2 is 1.00 bits per heavy atom. The average Bonchev–Trinajstić information content (AvgIpc) is 3.15. The molecule has 2 heteroatoms. The highest BCUT2D eigenvalue weighted by Gasteiger charge is 2.32. The van der Waals surface area contributed by atoms with Gasteiger partial charge in [-0.3, -0.25) is 0 Å². The predicted molar refractivity (Wildman–Crippen MR) is 86.1 cm³/mol. The molecule has 20 heavy (non-hydrogen) atoms. The number of rotatable bonds is 15. The number of hydrogen-bond acceptors (Lipinski definition) is 2. The number of aliphatic hydroxyl groups excluding tert-OH is 1. The monoisotopic (exact) mass is 284 g/mol. The van der Waals surface area contributed by atoms with E-state index >= 15 is 0 Å². The lowest BCUT2D eigenvalue weighted by Crippen LogP contribution is -1.89. The molecule has 0 amide bonds. The molecule has 2 atom stereocenters. The van der Waals surface area contributed by atoms with Gasteiger partial charge in [0.2, 0.25) is 0 Å². The van der Waals surface area contributed by atoms with Crippen LogP contribution in [0.25, 0.3) is 0 Å². The van der Waals surface area contributed by atoms with E-state index in [0.29, 0.717) is 18.8 Å². The second-order valence-corrected chi connectivity index (χ2v) is 6.49. The molecule has 0 radical (unpaired) electrons. The van der Waals surface area contributed by atoms with E-state index in [2.05, 4.69) is 6.92 Å². The zero-order valence-electron chi connectivity index (χ0n) is 13.6. The summed E-state index contributed by atoms with van der Waals surface area (Å²) in [4.78, 5) is 0. The molecule has 2 nitrogen and oxygen atoms in total. The van der Waals surface area contributed by atoms with Crippen LogP contribution < -0.4 is 0 Å². The van der Waals surface area contributed by atoms with E-state index < -0.39 is 0 Å². The minimum atomic E-state index is 0.368. The largest absolute Gasteiger partial charge is 0.396 e. The maximum Gasteiger partial charge on any atom is 0.0839 e. The van der Waals surface area contributed by atoms with Gasteiger partial charge < -0.3 is 9.84 Å². The molecule has 1 aliphatic rings. The minimum Gasteiger partial charge on any atom is -0.396 e. The standard InChI is InChI=1S/C18H36O2/c1-17-18(20-17)15-13-11-9-7-5-3-2-4-6-8-10-12-14-16-19/h17-19H,2-16H2,1H3. The Hall–Kier alpha value is -0.0800. The van der Waals surface area contributed by atoms with Gasteiger partial charge in [0.1, 0.15) is 0 Å². The van der Waals surface area contributed by atoms with Gasteiger partial charge in [-0.1, -0.05) is 77.0 Å². The van der Waals surface area contributed by atoms with Gasteiger partial charge in [-0.05, 0) is 19.8 Å². The van der Waals surface area contributed by atoms with Crippen molar-refractivity contribution < 1.29 is 9.84 Å². The summed E-state index contributed by atoms with van der Waals surface area (Å²) < 4.78 is 5.42. The van der Waals surface area contributed by atoms with Crippen LogP contribution in [0.5, 0.6) is 0 Å². The molecule has 120 valence electrons. The molecule has 0 bridgehead atoms. The zero-order valence-corrected chi connectivity index (χ0v) is 13.6. The molecular weight excluding hydrogens is 248 g/mol. The fourth-order valence-electron chi connectivity index (χ4n) is 2.93. The summed E-state index contributed by atoms with van der Waals surface area (Å²) in [5.41, 5.74) is 0. The maximum absolute atomic E-state index is 8.68. The normalized spacial score (nSPS) is 21.3. The van der Waals surface area contributed by atoms with Crippen molar-refractivity contribution in [2.75, 3.05) is 6.61 Å². The van der Waals surface area contributed by atoms with Crippen molar-refractivity contribution in [2.24, 2.45) is 0 Å². The quantitative estimate of drug-likeness (QED) is 0.330. The molecule has 0 spiro atoms. The molecule has 0 aromatic heterocycles. The van der Waals surface area contributed by atoms with Crippen LogP contribution in [-0.4, -0.2) is 23.9 Å². The topological polar surface area (TPSA) is 32.8 Å². The van der Waals surface area contributed by atoms with Crippen molar-refractivity contribution in [3.8, 4) is 0 Å². The van der Waals surface area contributed by atoms with Gasteiger partial charge >= 0.3 is 0 Å². The summed E-state index contributed by atoms with van der Waals surface area (Å²) in [5.74, 6) is 0. The summed E-state index contributed by atoms with van der Waals surface area (Å²) in [5, 5.41) is 8.68. The van der Waals surface area contributed by atoms with E-state index in [9.17, 15) is 0 Å². The molecule has 1 heterocycles. The van der Waals surface area contributed by atoms with Gasteiger partial charge in [0, 0.05) is 6.61 Å². The second-order valence-electron chi connectivity index (χ2n) is 6.49. The third-order valence-electron chi connectivity index (χ3n) is 4.48. The highest BCUT2D eigenvalue weighted by Crippen LogP contribution is 2.26. The fraction of sp³-hybridized carbons (Fsp3) is 1.00. The molecular formula is C18H36O2. The molecule has 0 saturated carbocycles. The van der Waals surface area contributed by atoms with Crippen molar-refractivity contribution >= 4 is 0 Å². The molecule has 1 rings (SSSR count). The van der Waals surface area contributed by atoms with E-state index in [1.54, 1.807) is 0 Å². The molecule has 0 aromatic carbocycles. The lowest BCUT2D eigenvalue weighted by atomic mass is 10.0. The van der Waals surface area contributed by atoms with Crippen LogP contribution in [0.15, 0.2) is 0 Å². The Morgan fingerprint density at radius 1 is 0.650 bits per heavy atom. The predicted octanol–water partition coefficient (Wildman–Crippen LogP) is 5.23. The van der Waals surface area contributed by atoms with Crippen molar-refractivity contribution in [1.82, 2.24) is 0 Å². The molecule has 1 saturated heterocycles. The molecule has 1 N–H and O–H groups in total. The van der Waals surface area contributed by atoms with Crippen LogP contribution in [0, 0.1) is 0 Å². The SMILES string of the molecule is CC1OC1CCCCCCCCCCCCCCCO. The maximum atomic E-state index is 8.68. The van der Waals surface area contributed by atoms with Crippen molar-refractivity contribution in [1.29, 1.82) is 0 Å². The van der Waals surface area contributed by atoms with Crippen molar-refractivity contribution in [2.45, 2.75) is 109 Å². The Balaban J connectivity index is 1.62. The smallest absolute Gasteiger partial charge is 0.0839 e. The summed E-state index contributed by atoms with van der Waals surface area (Å²) in [6.45, 7) is 2.55. The highest BCUT2D eigenvalue weighted by molar-refractivity contribution is 4.79. The average molecular weight is 284 g/mol. The Bertz CT molecular complexity index is 206. The lowest BCUT2D eigenvalue weighted by molar-refractivity contribution is 0.282. The number of ether oxygens (including phenoxy) is 1. The van der Waals surface area contributed by atoms with E-state index in [4.69, 9.17) is 9.84 Å². The Kier molecular flexibility index (Phi) is 11.4. The van der Waals surface area contributed by atoms with Crippen LogP contribution in [-0.2, 0) is 4.74 Å². The Labute approximate surface area is 126 Å². The van der Waals surface area contributed by atoms with E-state index in [0.717, 1.165) is 6.42 Å².